The van der Waals surface area contributed by atoms with Crippen molar-refractivity contribution in [2.24, 2.45) is 0 Å². The number of hydrogen-bond donors (Lipinski definition) is 0. The Balaban J connectivity index is 3.20. The van der Waals surface area contributed by atoms with Crippen molar-refractivity contribution >= 4 is 15.9 Å². The van der Waals surface area contributed by atoms with Gasteiger partial charge in [0, 0.05) is 6.20 Å². The lowest BCUT2D eigenvalue weighted by molar-refractivity contribution is -0.138. The molecule has 0 fully saturated rings. The second-order valence-electron chi connectivity index (χ2n) is 2.55. The standard InChI is InChI=1S/C8H7BrF3N/c1-5(9)7-6(8(10,11)12)3-2-4-13-7/h2-5H,1H3/t5-/m1/s1. The summed E-state index contributed by atoms with van der Waals surface area (Å²) in [4.78, 5) is 3.28. The Morgan fingerprint density at radius 3 is 2.46 bits per heavy atom. The van der Waals surface area contributed by atoms with Crippen LogP contribution < -0.4 is 0 Å². The normalized spacial score (nSPS) is 14.2. The van der Waals surface area contributed by atoms with Crippen LogP contribution in [0.25, 0.3) is 0 Å². The van der Waals surface area contributed by atoms with Crippen LogP contribution >= 0.6 is 15.9 Å². The maximum Gasteiger partial charge on any atom is 0.418 e. The van der Waals surface area contributed by atoms with Crippen molar-refractivity contribution in [1.82, 2.24) is 4.98 Å². The molecule has 1 aromatic rings. The van der Waals surface area contributed by atoms with E-state index in [1.54, 1.807) is 6.92 Å². The predicted octanol–water partition coefficient (Wildman–Crippen LogP) is 3.56. The van der Waals surface area contributed by atoms with E-state index in [0.717, 1.165) is 6.07 Å². The number of halogens is 4. The third-order valence-electron chi connectivity index (χ3n) is 1.52. The van der Waals surface area contributed by atoms with Gasteiger partial charge in [-0.3, -0.25) is 4.98 Å². The Hall–Kier alpha value is -0.580. The maximum absolute atomic E-state index is 12.3. The van der Waals surface area contributed by atoms with Crippen molar-refractivity contribution in [2.75, 3.05) is 0 Å². The molecule has 0 aliphatic carbocycles. The Morgan fingerprint density at radius 2 is 2.08 bits per heavy atom. The number of rotatable bonds is 1. The zero-order chi connectivity index (χ0) is 10.1. The molecule has 0 N–H and O–H groups in total. The van der Waals surface area contributed by atoms with E-state index in [9.17, 15) is 13.2 Å². The molecule has 13 heavy (non-hydrogen) atoms. The molecule has 0 saturated heterocycles. The second kappa shape index (κ2) is 3.65. The summed E-state index contributed by atoms with van der Waals surface area (Å²) < 4.78 is 37.0. The molecule has 1 atom stereocenters. The average Bonchev–Trinajstić information content (AvgIpc) is 2.03. The van der Waals surface area contributed by atoms with Crippen molar-refractivity contribution in [2.45, 2.75) is 17.9 Å². The molecule has 5 heteroatoms. The number of hydrogen-bond acceptors (Lipinski definition) is 1. The highest BCUT2D eigenvalue weighted by Gasteiger charge is 2.34. The Kier molecular flexibility index (Phi) is 2.95. The molecule has 0 aliphatic heterocycles. The zero-order valence-corrected chi connectivity index (χ0v) is 8.35. The van der Waals surface area contributed by atoms with Gasteiger partial charge in [0.1, 0.15) is 0 Å². The largest absolute Gasteiger partial charge is 0.418 e. The molecule has 0 radical (unpaired) electrons. The fourth-order valence-corrected chi connectivity index (χ4v) is 1.34. The van der Waals surface area contributed by atoms with Gasteiger partial charge in [0.2, 0.25) is 0 Å². The molecule has 1 aromatic heterocycles. The van der Waals surface area contributed by atoms with Gasteiger partial charge < -0.3 is 0 Å². The zero-order valence-electron chi connectivity index (χ0n) is 6.77. The third kappa shape index (κ3) is 2.43. The molecule has 0 unspecified atom stereocenters. The maximum atomic E-state index is 12.3. The Morgan fingerprint density at radius 1 is 1.46 bits per heavy atom. The fourth-order valence-electron chi connectivity index (χ4n) is 0.974. The lowest BCUT2D eigenvalue weighted by atomic mass is 10.1. The Labute approximate surface area is 82.1 Å². The van der Waals surface area contributed by atoms with E-state index in [1.165, 1.54) is 12.3 Å². The van der Waals surface area contributed by atoms with Gasteiger partial charge in [0.25, 0.3) is 0 Å². The minimum absolute atomic E-state index is 0.0231. The van der Waals surface area contributed by atoms with Crippen LogP contribution in [0.5, 0.6) is 0 Å². The van der Waals surface area contributed by atoms with E-state index in [0.29, 0.717) is 0 Å². The van der Waals surface area contributed by atoms with Gasteiger partial charge in [-0.2, -0.15) is 13.2 Å². The fraction of sp³-hybridized carbons (Fsp3) is 0.375. The van der Waals surface area contributed by atoms with Crippen molar-refractivity contribution in [3.05, 3.63) is 29.6 Å². The van der Waals surface area contributed by atoms with Gasteiger partial charge in [0.05, 0.1) is 16.1 Å². The molecule has 1 heterocycles. The summed E-state index contributed by atoms with van der Waals surface area (Å²) in [7, 11) is 0. The van der Waals surface area contributed by atoms with Crippen LogP contribution in [0.3, 0.4) is 0 Å². The third-order valence-corrected chi connectivity index (χ3v) is 1.95. The van der Waals surface area contributed by atoms with Crippen molar-refractivity contribution < 1.29 is 13.2 Å². The van der Waals surface area contributed by atoms with E-state index < -0.39 is 16.6 Å². The summed E-state index contributed by atoms with van der Waals surface area (Å²) in [6.07, 6.45) is -2.98. The quantitative estimate of drug-likeness (QED) is 0.698. The van der Waals surface area contributed by atoms with Crippen LogP contribution in [0.2, 0.25) is 0 Å². The van der Waals surface area contributed by atoms with E-state index in [4.69, 9.17) is 0 Å². The van der Waals surface area contributed by atoms with Crippen LogP contribution in [0.4, 0.5) is 13.2 Å². The highest BCUT2D eigenvalue weighted by atomic mass is 79.9. The van der Waals surface area contributed by atoms with E-state index in [-0.39, 0.29) is 5.69 Å². The van der Waals surface area contributed by atoms with Gasteiger partial charge in [0.15, 0.2) is 0 Å². The van der Waals surface area contributed by atoms with Gasteiger partial charge in [-0.25, -0.2) is 0 Å². The molecule has 0 bridgehead atoms. The number of aromatic nitrogens is 1. The van der Waals surface area contributed by atoms with E-state index in [1.807, 2.05) is 0 Å². The first kappa shape index (κ1) is 10.5. The second-order valence-corrected chi connectivity index (χ2v) is 3.92. The van der Waals surface area contributed by atoms with Crippen molar-refractivity contribution in [3.63, 3.8) is 0 Å². The molecule has 1 rings (SSSR count). The molecule has 1 nitrogen and oxygen atoms in total. The van der Waals surface area contributed by atoms with Gasteiger partial charge >= 0.3 is 6.18 Å². The van der Waals surface area contributed by atoms with Crippen LogP contribution in [0.15, 0.2) is 18.3 Å². The van der Waals surface area contributed by atoms with E-state index >= 15 is 0 Å². The first-order chi connectivity index (χ1) is 5.93. The molecular weight excluding hydrogens is 247 g/mol. The lowest BCUT2D eigenvalue weighted by Crippen LogP contribution is -2.10. The number of pyridine rings is 1. The molecule has 0 aromatic carbocycles. The van der Waals surface area contributed by atoms with Crippen molar-refractivity contribution in [3.8, 4) is 0 Å². The summed E-state index contributed by atoms with van der Waals surface area (Å²) in [5.41, 5.74) is -0.658. The molecule has 0 saturated carbocycles. The molecule has 72 valence electrons. The van der Waals surface area contributed by atoms with Gasteiger partial charge in [-0.15, -0.1) is 0 Å². The minimum Gasteiger partial charge on any atom is -0.259 e. The van der Waals surface area contributed by atoms with Crippen LogP contribution in [-0.4, -0.2) is 4.98 Å². The summed E-state index contributed by atoms with van der Waals surface area (Å²) in [5.74, 6) is 0. The summed E-state index contributed by atoms with van der Waals surface area (Å²) in [5, 5.41) is 0. The average molecular weight is 254 g/mol. The highest BCUT2D eigenvalue weighted by Crippen LogP contribution is 2.35. The first-order valence-corrected chi connectivity index (χ1v) is 4.50. The summed E-state index contributed by atoms with van der Waals surface area (Å²) >= 11 is 3.06. The molecule has 0 spiro atoms. The Bertz CT molecular complexity index is 296. The topological polar surface area (TPSA) is 12.9 Å². The summed E-state index contributed by atoms with van der Waals surface area (Å²) in [6, 6.07) is 2.31. The van der Waals surface area contributed by atoms with Gasteiger partial charge in [-0.05, 0) is 19.1 Å². The minimum atomic E-state index is -4.33. The van der Waals surface area contributed by atoms with Crippen LogP contribution in [-0.2, 0) is 6.18 Å². The highest BCUT2D eigenvalue weighted by molar-refractivity contribution is 9.09. The lowest BCUT2D eigenvalue weighted by Gasteiger charge is -2.12. The molecule has 0 aliphatic rings. The summed E-state index contributed by atoms with van der Waals surface area (Å²) in [6.45, 7) is 1.61. The van der Waals surface area contributed by atoms with Crippen LogP contribution in [0, 0.1) is 0 Å². The first-order valence-electron chi connectivity index (χ1n) is 3.59. The predicted molar refractivity (Wildman–Crippen MR) is 46.6 cm³/mol. The smallest absolute Gasteiger partial charge is 0.259 e. The number of alkyl halides is 4. The van der Waals surface area contributed by atoms with Crippen LogP contribution in [0.1, 0.15) is 23.0 Å². The SMILES string of the molecule is C[C@@H](Br)c1ncccc1C(F)(F)F. The molecule has 0 amide bonds. The number of nitrogens with zero attached hydrogens (tertiary/aromatic N) is 1. The molecular formula is C8H7BrF3N. The van der Waals surface area contributed by atoms with E-state index in [2.05, 4.69) is 20.9 Å². The van der Waals surface area contributed by atoms with Gasteiger partial charge in [-0.1, -0.05) is 15.9 Å². The monoisotopic (exact) mass is 253 g/mol. The van der Waals surface area contributed by atoms with Crippen molar-refractivity contribution in [1.29, 1.82) is 0 Å².